The van der Waals surface area contributed by atoms with Crippen molar-refractivity contribution < 1.29 is 33.7 Å². The Kier molecular flexibility index (Phi) is 8.00. The van der Waals surface area contributed by atoms with E-state index in [1.54, 1.807) is 26.0 Å². The first-order valence-corrected chi connectivity index (χ1v) is 7.83. The van der Waals surface area contributed by atoms with Gasteiger partial charge in [0.2, 0.25) is 6.10 Å². The average molecular weight is 374 g/mol. The fraction of sp³-hybridized carbons (Fsp3) is 0.438. The van der Waals surface area contributed by atoms with Crippen molar-refractivity contribution in [3.63, 3.8) is 0 Å². The highest BCUT2D eigenvalue weighted by Gasteiger charge is 2.24. The fourth-order valence-electron chi connectivity index (χ4n) is 1.67. The summed E-state index contributed by atoms with van der Waals surface area (Å²) < 4.78 is 15.1. The van der Waals surface area contributed by atoms with Gasteiger partial charge in [-0.15, -0.1) is 0 Å². The number of carboxylic acids is 1. The van der Waals surface area contributed by atoms with Gasteiger partial charge in [0.15, 0.2) is 0 Å². The second kappa shape index (κ2) is 9.73. The van der Waals surface area contributed by atoms with E-state index in [1.165, 1.54) is 19.1 Å². The number of carbonyl (C=O) groups is 3. The number of amides is 1. The zero-order chi connectivity index (χ0) is 19.0. The van der Waals surface area contributed by atoms with Crippen molar-refractivity contribution in [3.05, 3.63) is 29.3 Å². The van der Waals surface area contributed by atoms with Crippen LogP contribution in [0.5, 0.6) is 5.75 Å². The molecule has 25 heavy (non-hydrogen) atoms. The topological polar surface area (TPSA) is 111 Å². The van der Waals surface area contributed by atoms with Gasteiger partial charge in [-0.25, -0.2) is 9.59 Å². The molecule has 2 atom stereocenters. The first kappa shape index (κ1) is 20.6. The molecular formula is C16H20ClNO7. The molecule has 8 nitrogen and oxygen atoms in total. The van der Waals surface area contributed by atoms with Crippen molar-refractivity contribution in [3.8, 4) is 5.75 Å². The van der Waals surface area contributed by atoms with Gasteiger partial charge < -0.3 is 24.6 Å². The third-order valence-electron chi connectivity index (χ3n) is 2.83. The molecule has 0 spiro atoms. The first-order valence-electron chi connectivity index (χ1n) is 7.45. The minimum atomic E-state index is -1.35. The number of alkyl carbamates (subject to hydrolysis) is 1. The van der Waals surface area contributed by atoms with Gasteiger partial charge >= 0.3 is 18.0 Å². The number of halogens is 1. The Hall–Kier alpha value is -2.48. The second-order valence-electron chi connectivity index (χ2n) is 5.41. The maximum absolute atomic E-state index is 11.8. The van der Waals surface area contributed by atoms with Crippen molar-refractivity contribution in [1.29, 1.82) is 0 Å². The molecule has 0 aliphatic rings. The predicted molar refractivity (Wildman–Crippen MR) is 88.4 cm³/mol. The zero-order valence-electron chi connectivity index (χ0n) is 14.0. The maximum Gasteiger partial charge on any atom is 0.410 e. The summed E-state index contributed by atoms with van der Waals surface area (Å²) in [7, 11) is 0. The van der Waals surface area contributed by atoms with Gasteiger partial charge in [0.05, 0.1) is 6.54 Å². The molecule has 0 aliphatic heterocycles. The molecule has 0 unspecified atom stereocenters. The Labute approximate surface area is 150 Å². The van der Waals surface area contributed by atoms with Gasteiger partial charge in [-0.3, -0.25) is 4.79 Å². The average Bonchev–Trinajstić information content (AvgIpc) is 2.50. The number of ether oxygens (including phenoxy) is 3. The Morgan fingerprint density at radius 1 is 1.24 bits per heavy atom. The number of esters is 1. The quantitative estimate of drug-likeness (QED) is 0.531. The van der Waals surface area contributed by atoms with E-state index in [2.05, 4.69) is 5.32 Å². The van der Waals surface area contributed by atoms with Crippen molar-refractivity contribution in [1.82, 2.24) is 5.32 Å². The highest BCUT2D eigenvalue weighted by molar-refractivity contribution is 6.30. The standard InChI is InChI=1S/C16H20ClNO7/c1-9(2)15(23-10(3)19)25-16(22)18-8-13(14(20)21)24-12-6-4-5-11(17)7-12/h4-7,9,13,15H,8H2,1-3H3,(H,18,22)(H,20,21)/t13-,15+/m0/s1. The monoisotopic (exact) mass is 373 g/mol. The molecule has 1 amide bonds. The molecule has 0 radical (unpaired) electrons. The lowest BCUT2D eigenvalue weighted by Crippen LogP contribution is -2.42. The first-order chi connectivity index (χ1) is 11.7. The molecule has 0 bridgehead atoms. The van der Waals surface area contributed by atoms with Gasteiger partial charge in [-0.1, -0.05) is 31.5 Å². The number of rotatable bonds is 8. The summed E-state index contributed by atoms with van der Waals surface area (Å²) in [6.45, 7) is 4.23. The molecule has 0 fully saturated rings. The van der Waals surface area contributed by atoms with Crippen LogP contribution in [0.4, 0.5) is 4.79 Å². The number of aliphatic carboxylic acids is 1. The number of nitrogens with one attached hydrogen (secondary N) is 1. The van der Waals surface area contributed by atoms with Crippen LogP contribution in [0, 0.1) is 5.92 Å². The highest BCUT2D eigenvalue weighted by atomic mass is 35.5. The SMILES string of the molecule is CC(=O)O[C@H](OC(=O)NC[C@H](Oc1cccc(Cl)c1)C(=O)O)C(C)C. The van der Waals surface area contributed by atoms with Crippen molar-refractivity contribution in [2.24, 2.45) is 5.92 Å². The fourth-order valence-corrected chi connectivity index (χ4v) is 1.85. The molecule has 1 aromatic rings. The van der Waals surface area contributed by atoms with E-state index >= 15 is 0 Å². The third-order valence-corrected chi connectivity index (χ3v) is 3.07. The van der Waals surface area contributed by atoms with Crippen LogP contribution < -0.4 is 10.1 Å². The third kappa shape index (κ3) is 7.75. The number of hydrogen-bond acceptors (Lipinski definition) is 6. The van der Waals surface area contributed by atoms with Crippen molar-refractivity contribution in [2.75, 3.05) is 6.54 Å². The Balaban J connectivity index is 2.60. The van der Waals surface area contributed by atoms with E-state index in [-0.39, 0.29) is 18.2 Å². The normalized spacial score (nSPS) is 12.8. The van der Waals surface area contributed by atoms with Crippen LogP contribution in [0.3, 0.4) is 0 Å². The molecule has 9 heteroatoms. The molecule has 0 heterocycles. The lowest BCUT2D eigenvalue weighted by molar-refractivity contribution is -0.172. The zero-order valence-corrected chi connectivity index (χ0v) is 14.8. The predicted octanol–water partition coefficient (Wildman–Crippen LogP) is 2.44. The highest BCUT2D eigenvalue weighted by Crippen LogP contribution is 2.18. The van der Waals surface area contributed by atoms with Crippen LogP contribution in [-0.2, 0) is 19.1 Å². The second-order valence-corrected chi connectivity index (χ2v) is 5.85. The van der Waals surface area contributed by atoms with Crippen LogP contribution in [0.25, 0.3) is 0 Å². The van der Waals surface area contributed by atoms with Crippen LogP contribution in [-0.4, -0.2) is 42.1 Å². The largest absolute Gasteiger partial charge is 0.478 e. The van der Waals surface area contributed by atoms with Crippen LogP contribution >= 0.6 is 11.6 Å². The van der Waals surface area contributed by atoms with Gasteiger partial charge in [0.25, 0.3) is 6.29 Å². The maximum atomic E-state index is 11.8. The molecule has 0 saturated heterocycles. The smallest absolute Gasteiger partial charge is 0.410 e. The minimum Gasteiger partial charge on any atom is -0.478 e. The Bertz CT molecular complexity index is 620. The van der Waals surface area contributed by atoms with Gasteiger partial charge in [-0.2, -0.15) is 0 Å². The lowest BCUT2D eigenvalue weighted by Gasteiger charge is -2.21. The number of hydrogen-bond donors (Lipinski definition) is 2. The summed E-state index contributed by atoms with van der Waals surface area (Å²) in [5.74, 6) is -1.90. The summed E-state index contributed by atoms with van der Waals surface area (Å²) in [5, 5.41) is 11.8. The molecule has 1 aromatic carbocycles. The molecule has 2 N–H and O–H groups in total. The number of carboxylic acid groups (broad SMARTS) is 1. The van der Waals surface area contributed by atoms with Gasteiger partial charge in [-0.05, 0) is 18.2 Å². The molecular weight excluding hydrogens is 354 g/mol. The molecule has 0 saturated carbocycles. The van der Waals surface area contributed by atoms with Crippen LogP contribution in [0.1, 0.15) is 20.8 Å². The molecule has 1 rings (SSSR count). The summed E-state index contributed by atoms with van der Waals surface area (Å²) in [4.78, 5) is 34.0. The van der Waals surface area contributed by atoms with Crippen LogP contribution in [0.15, 0.2) is 24.3 Å². The van der Waals surface area contributed by atoms with E-state index in [9.17, 15) is 19.5 Å². The summed E-state index contributed by atoms with van der Waals surface area (Å²) in [6.07, 6.45) is -3.35. The van der Waals surface area contributed by atoms with E-state index in [4.69, 9.17) is 25.8 Å². The Morgan fingerprint density at radius 2 is 1.92 bits per heavy atom. The summed E-state index contributed by atoms with van der Waals surface area (Å²) in [5.41, 5.74) is 0. The summed E-state index contributed by atoms with van der Waals surface area (Å²) >= 11 is 5.81. The van der Waals surface area contributed by atoms with Gasteiger partial charge in [0.1, 0.15) is 5.75 Å². The lowest BCUT2D eigenvalue weighted by atomic mass is 10.2. The van der Waals surface area contributed by atoms with Gasteiger partial charge in [0, 0.05) is 17.9 Å². The van der Waals surface area contributed by atoms with Crippen molar-refractivity contribution in [2.45, 2.75) is 33.2 Å². The molecule has 0 aromatic heterocycles. The van der Waals surface area contributed by atoms with Crippen molar-refractivity contribution >= 4 is 29.6 Å². The minimum absolute atomic E-state index is 0.245. The molecule has 0 aliphatic carbocycles. The number of carbonyl (C=O) groups excluding carboxylic acids is 2. The van der Waals surface area contributed by atoms with E-state index in [0.717, 1.165) is 0 Å². The van der Waals surface area contributed by atoms with E-state index < -0.39 is 30.4 Å². The number of benzene rings is 1. The van der Waals surface area contributed by atoms with Crippen LogP contribution in [0.2, 0.25) is 5.02 Å². The Morgan fingerprint density at radius 3 is 2.44 bits per heavy atom. The van der Waals surface area contributed by atoms with E-state index in [1.807, 2.05) is 0 Å². The molecule has 138 valence electrons. The summed E-state index contributed by atoms with van der Waals surface area (Å²) in [6, 6.07) is 6.20. The van der Waals surface area contributed by atoms with E-state index in [0.29, 0.717) is 5.02 Å².